The van der Waals surface area contributed by atoms with Gasteiger partial charge in [-0.15, -0.1) is 0 Å². The fourth-order valence-corrected chi connectivity index (χ4v) is 2.17. The van der Waals surface area contributed by atoms with E-state index in [9.17, 15) is 14.7 Å². The van der Waals surface area contributed by atoms with Gasteiger partial charge in [0.15, 0.2) is 0 Å². The van der Waals surface area contributed by atoms with Crippen LogP contribution in [-0.4, -0.2) is 27.2 Å². The number of benzene rings is 2. The second-order valence-electron chi connectivity index (χ2n) is 5.15. The van der Waals surface area contributed by atoms with Crippen molar-refractivity contribution in [3.63, 3.8) is 0 Å². The van der Waals surface area contributed by atoms with Crippen LogP contribution in [0.25, 0.3) is 11.3 Å². The van der Waals surface area contributed by atoms with Crippen LogP contribution in [0.15, 0.2) is 70.6 Å². The molecule has 0 atom stereocenters. The molecule has 0 unspecified atom stereocenters. The lowest BCUT2D eigenvalue weighted by Gasteiger charge is -2.03. The number of hydrazone groups is 1. The number of nitrogens with zero attached hydrogens (tertiary/aromatic N) is 2. The van der Waals surface area contributed by atoms with Crippen molar-refractivity contribution in [3.05, 3.63) is 82.4 Å². The molecule has 3 aromatic rings. The van der Waals surface area contributed by atoms with Crippen molar-refractivity contribution >= 4 is 12.1 Å². The van der Waals surface area contributed by atoms with Crippen LogP contribution in [0, 0.1) is 0 Å². The summed E-state index contributed by atoms with van der Waals surface area (Å²) in [4.78, 5) is 30.1. The topological polar surface area (TPSA) is 107 Å². The maximum absolute atomic E-state index is 12.2. The Labute approximate surface area is 142 Å². The molecule has 1 amide bonds. The number of carbonyl (C=O) groups is 1. The highest BCUT2D eigenvalue weighted by Gasteiger charge is 2.09. The average molecular weight is 334 g/mol. The first-order valence-corrected chi connectivity index (χ1v) is 7.41. The number of phenols is 1. The summed E-state index contributed by atoms with van der Waals surface area (Å²) in [6, 6.07) is 17.0. The van der Waals surface area contributed by atoms with Gasteiger partial charge < -0.3 is 10.1 Å². The molecule has 1 aromatic heterocycles. The van der Waals surface area contributed by atoms with Crippen LogP contribution in [0.3, 0.4) is 0 Å². The Balaban J connectivity index is 1.78. The molecule has 3 rings (SSSR count). The standard InChI is InChI=1S/C18H14N4O3/c23-14-8-4-5-12(9-14)11-19-22-17(24)16-10-15(20-18(25)21-16)13-6-2-1-3-7-13/h1-11,23H,(H,22,24)(H,20,21,25)/b19-11+. The van der Waals surface area contributed by atoms with Gasteiger partial charge in [0.2, 0.25) is 0 Å². The average Bonchev–Trinajstić information content (AvgIpc) is 2.62. The zero-order chi connectivity index (χ0) is 17.6. The van der Waals surface area contributed by atoms with E-state index in [0.29, 0.717) is 11.3 Å². The van der Waals surface area contributed by atoms with Gasteiger partial charge in [-0.05, 0) is 23.8 Å². The summed E-state index contributed by atoms with van der Waals surface area (Å²) in [5.74, 6) is -0.477. The number of rotatable bonds is 4. The Kier molecular flexibility index (Phi) is 4.66. The second-order valence-corrected chi connectivity index (χ2v) is 5.15. The lowest BCUT2D eigenvalue weighted by atomic mass is 10.1. The number of aromatic amines is 1. The van der Waals surface area contributed by atoms with E-state index in [1.54, 1.807) is 24.3 Å². The third-order valence-corrected chi connectivity index (χ3v) is 3.31. The molecule has 0 spiro atoms. The molecule has 1 heterocycles. The zero-order valence-corrected chi connectivity index (χ0v) is 13.0. The molecule has 0 aliphatic rings. The molecule has 7 heteroatoms. The minimum atomic E-state index is -0.622. The fourth-order valence-electron chi connectivity index (χ4n) is 2.17. The number of carbonyl (C=O) groups excluding carboxylic acids is 1. The highest BCUT2D eigenvalue weighted by Crippen LogP contribution is 2.15. The van der Waals surface area contributed by atoms with Crippen molar-refractivity contribution in [2.75, 3.05) is 0 Å². The zero-order valence-electron chi connectivity index (χ0n) is 13.0. The van der Waals surface area contributed by atoms with Crippen molar-refractivity contribution in [1.29, 1.82) is 0 Å². The van der Waals surface area contributed by atoms with Gasteiger partial charge in [0.05, 0.1) is 11.9 Å². The molecule has 0 fully saturated rings. The van der Waals surface area contributed by atoms with E-state index >= 15 is 0 Å². The maximum Gasteiger partial charge on any atom is 0.346 e. The Morgan fingerprint density at radius 1 is 1.12 bits per heavy atom. The first-order chi connectivity index (χ1) is 12.1. The molecule has 0 saturated carbocycles. The van der Waals surface area contributed by atoms with E-state index in [2.05, 4.69) is 20.5 Å². The van der Waals surface area contributed by atoms with Crippen molar-refractivity contribution in [1.82, 2.24) is 15.4 Å². The maximum atomic E-state index is 12.2. The fraction of sp³-hybridized carbons (Fsp3) is 0. The monoisotopic (exact) mass is 334 g/mol. The van der Waals surface area contributed by atoms with E-state index in [0.717, 1.165) is 5.56 Å². The third kappa shape index (κ3) is 4.17. The van der Waals surface area contributed by atoms with E-state index in [1.165, 1.54) is 24.4 Å². The van der Waals surface area contributed by atoms with Crippen LogP contribution in [0.2, 0.25) is 0 Å². The van der Waals surface area contributed by atoms with Crippen LogP contribution in [0.5, 0.6) is 5.75 Å². The quantitative estimate of drug-likeness (QED) is 0.500. The first kappa shape index (κ1) is 16.1. The molecule has 3 N–H and O–H groups in total. The van der Waals surface area contributed by atoms with Crippen molar-refractivity contribution in [3.8, 4) is 17.0 Å². The summed E-state index contributed by atoms with van der Waals surface area (Å²) < 4.78 is 0. The van der Waals surface area contributed by atoms with Gasteiger partial charge in [-0.1, -0.05) is 42.5 Å². The van der Waals surface area contributed by atoms with Crippen LogP contribution in [0.1, 0.15) is 16.1 Å². The Hall–Kier alpha value is -3.74. The number of hydrogen-bond acceptors (Lipinski definition) is 5. The van der Waals surface area contributed by atoms with E-state index in [4.69, 9.17) is 0 Å². The largest absolute Gasteiger partial charge is 0.508 e. The summed E-state index contributed by atoms with van der Waals surface area (Å²) in [5.41, 5.74) is 3.49. The Morgan fingerprint density at radius 2 is 1.92 bits per heavy atom. The van der Waals surface area contributed by atoms with Gasteiger partial charge in [0, 0.05) is 5.56 Å². The van der Waals surface area contributed by atoms with Gasteiger partial charge in [0.25, 0.3) is 5.91 Å². The van der Waals surface area contributed by atoms with Gasteiger partial charge >= 0.3 is 5.69 Å². The first-order valence-electron chi connectivity index (χ1n) is 7.41. The van der Waals surface area contributed by atoms with Crippen LogP contribution in [0.4, 0.5) is 0 Å². The Morgan fingerprint density at radius 3 is 2.68 bits per heavy atom. The summed E-state index contributed by atoms with van der Waals surface area (Å²) >= 11 is 0. The van der Waals surface area contributed by atoms with Crippen LogP contribution >= 0.6 is 0 Å². The normalized spacial score (nSPS) is 10.7. The van der Waals surface area contributed by atoms with E-state index in [-0.39, 0.29) is 11.4 Å². The summed E-state index contributed by atoms with van der Waals surface area (Å²) in [5, 5.41) is 13.2. The predicted molar refractivity (Wildman–Crippen MR) is 93.5 cm³/mol. The lowest BCUT2D eigenvalue weighted by molar-refractivity contribution is 0.0949. The lowest BCUT2D eigenvalue weighted by Crippen LogP contribution is -2.24. The molecular formula is C18H14N4O3. The van der Waals surface area contributed by atoms with Gasteiger partial charge in [-0.3, -0.25) is 4.79 Å². The molecule has 2 aromatic carbocycles. The van der Waals surface area contributed by atoms with Crippen LogP contribution < -0.4 is 11.1 Å². The highest BCUT2D eigenvalue weighted by molar-refractivity contribution is 5.93. The van der Waals surface area contributed by atoms with Crippen molar-refractivity contribution < 1.29 is 9.90 Å². The Bertz CT molecular complexity index is 981. The number of hydrogen-bond donors (Lipinski definition) is 3. The number of aromatic nitrogens is 2. The number of aromatic hydroxyl groups is 1. The number of phenolic OH excluding ortho intramolecular Hbond substituents is 1. The summed E-state index contributed by atoms with van der Waals surface area (Å²) in [6.45, 7) is 0. The molecule has 0 bridgehead atoms. The second kappa shape index (κ2) is 7.22. The molecule has 25 heavy (non-hydrogen) atoms. The molecule has 0 aliphatic carbocycles. The van der Waals surface area contributed by atoms with Crippen molar-refractivity contribution in [2.24, 2.45) is 5.10 Å². The van der Waals surface area contributed by atoms with E-state index in [1.807, 2.05) is 18.2 Å². The third-order valence-electron chi connectivity index (χ3n) is 3.31. The minimum absolute atomic E-state index is 0.0481. The molecule has 124 valence electrons. The molecule has 0 saturated heterocycles. The number of amides is 1. The summed E-state index contributed by atoms with van der Waals surface area (Å²) in [7, 11) is 0. The minimum Gasteiger partial charge on any atom is -0.508 e. The predicted octanol–water partition coefficient (Wildman–Crippen LogP) is 1.91. The van der Waals surface area contributed by atoms with Crippen molar-refractivity contribution in [2.45, 2.75) is 0 Å². The number of nitrogens with one attached hydrogen (secondary N) is 2. The van der Waals surface area contributed by atoms with Gasteiger partial charge in [-0.2, -0.15) is 10.1 Å². The number of H-pyrrole nitrogens is 1. The van der Waals surface area contributed by atoms with Gasteiger partial charge in [-0.25, -0.2) is 10.2 Å². The van der Waals surface area contributed by atoms with Crippen LogP contribution in [-0.2, 0) is 0 Å². The van der Waals surface area contributed by atoms with E-state index < -0.39 is 11.6 Å². The summed E-state index contributed by atoms with van der Waals surface area (Å²) in [6.07, 6.45) is 1.38. The highest BCUT2D eigenvalue weighted by atomic mass is 16.3. The molecule has 0 radical (unpaired) electrons. The van der Waals surface area contributed by atoms with Gasteiger partial charge in [0.1, 0.15) is 11.4 Å². The molecule has 7 nitrogen and oxygen atoms in total. The molecule has 0 aliphatic heterocycles. The smallest absolute Gasteiger partial charge is 0.346 e. The SMILES string of the molecule is O=C(N/N=C/c1cccc(O)c1)c1cc(-c2ccccc2)nc(=O)[nH]1. The molecular weight excluding hydrogens is 320 g/mol.